The summed E-state index contributed by atoms with van der Waals surface area (Å²) in [6, 6.07) is 7.60. The zero-order valence-corrected chi connectivity index (χ0v) is 12.0. The Hall–Kier alpha value is -2.54. The van der Waals surface area contributed by atoms with E-state index in [1.165, 1.54) is 4.68 Å². The first kappa shape index (κ1) is 13.4. The van der Waals surface area contributed by atoms with Crippen molar-refractivity contribution in [3.63, 3.8) is 0 Å². The van der Waals surface area contributed by atoms with E-state index in [0.717, 1.165) is 11.4 Å². The van der Waals surface area contributed by atoms with Crippen LogP contribution in [0.25, 0.3) is 5.95 Å². The molecule has 0 amide bonds. The van der Waals surface area contributed by atoms with Crippen LogP contribution in [-0.2, 0) is 6.54 Å². The van der Waals surface area contributed by atoms with Crippen molar-refractivity contribution >= 4 is 17.5 Å². The van der Waals surface area contributed by atoms with Gasteiger partial charge in [0.15, 0.2) is 0 Å². The molecule has 0 atom stereocenters. The smallest absolute Gasteiger partial charge is 0.256 e. The van der Waals surface area contributed by atoms with Gasteiger partial charge in [-0.3, -0.25) is 4.98 Å². The van der Waals surface area contributed by atoms with Crippen LogP contribution < -0.4 is 5.32 Å². The number of anilines is 1. The second-order valence-electron chi connectivity index (χ2n) is 4.30. The van der Waals surface area contributed by atoms with Crippen LogP contribution >= 0.6 is 11.6 Å². The van der Waals surface area contributed by atoms with Crippen molar-refractivity contribution in [3.8, 4) is 5.95 Å². The highest BCUT2D eigenvalue weighted by Gasteiger charge is 2.07. The van der Waals surface area contributed by atoms with E-state index in [-0.39, 0.29) is 5.28 Å². The molecule has 0 saturated carbocycles. The van der Waals surface area contributed by atoms with Crippen LogP contribution in [0.1, 0.15) is 11.4 Å². The van der Waals surface area contributed by atoms with Crippen LogP contribution in [0.2, 0.25) is 5.28 Å². The number of aromatic nitrogens is 6. The summed E-state index contributed by atoms with van der Waals surface area (Å²) in [6.07, 6.45) is 3.37. The number of hydrogen-bond donors (Lipinski definition) is 1. The molecule has 7 nitrogen and oxygen atoms in total. The quantitative estimate of drug-likeness (QED) is 0.794. The minimum Gasteiger partial charge on any atom is -0.348 e. The molecule has 0 saturated heterocycles. The molecule has 0 unspecified atom stereocenters. The molecule has 0 bridgehead atoms. The van der Waals surface area contributed by atoms with Crippen LogP contribution in [0.5, 0.6) is 0 Å². The molecule has 106 valence electrons. The molecule has 0 spiro atoms. The fraction of sp³-hybridized carbons (Fsp3) is 0.154. The van der Waals surface area contributed by atoms with E-state index in [0.29, 0.717) is 18.4 Å². The van der Waals surface area contributed by atoms with Gasteiger partial charge in [0.05, 0.1) is 12.2 Å². The predicted octanol–water partition coefficient (Wildman–Crippen LogP) is 2.03. The molecular formula is C13H12ClN7. The maximum absolute atomic E-state index is 5.91. The topological polar surface area (TPSA) is 81.4 Å². The molecule has 0 aliphatic carbocycles. The summed E-state index contributed by atoms with van der Waals surface area (Å²) >= 11 is 5.91. The molecule has 0 radical (unpaired) electrons. The number of nitrogens with zero attached hydrogens (tertiary/aromatic N) is 6. The highest BCUT2D eigenvalue weighted by atomic mass is 35.5. The SMILES string of the molecule is Cc1cccc(CNc2nc(Cl)nc(-n3cccn3)n2)n1. The van der Waals surface area contributed by atoms with E-state index in [4.69, 9.17) is 11.6 Å². The molecule has 8 heteroatoms. The lowest BCUT2D eigenvalue weighted by Gasteiger charge is -2.07. The third-order valence-corrected chi connectivity index (χ3v) is 2.85. The first-order valence-corrected chi connectivity index (χ1v) is 6.66. The van der Waals surface area contributed by atoms with Crippen molar-refractivity contribution in [1.82, 2.24) is 29.7 Å². The molecule has 0 aromatic carbocycles. The average molecular weight is 302 g/mol. The number of aryl methyl sites for hydroxylation is 1. The number of rotatable bonds is 4. The third kappa shape index (κ3) is 3.32. The van der Waals surface area contributed by atoms with Crippen molar-refractivity contribution in [2.24, 2.45) is 0 Å². The van der Waals surface area contributed by atoms with Gasteiger partial charge in [-0.05, 0) is 36.7 Å². The lowest BCUT2D eigenvalue weighted by molar-refractivity contribution is 0.794. The monoisotopic (exact) mass is 301 g/mol. The van der Waals surface area contributed by atoms with Gasteiger partial charge in [-0.1, -0.05) is 6.07 Å². The number of hydrogen-bond acceptors (Lipinski definition) is 6. The number of nitrogens with one attached hydrogen (secondary N) is 1. The normalized spacial score (nSPS) is 10.6. The van der Waals surface area contributed by atoms with Crippen molar-refractivity contribution in [2.45, 2.75) is 13.5 Å². The Morgan fingerprint density at radius 2 is 2.05 bits per heavy atom. The zero-order chi connectivity index (χ0) is 14.7. The molecule has 3 rings (SSSR count). The van der Waals surface area contributed by atoms with E-state index in [9.17, 15) is 0 Å². The molecule has 0 aliphatic heterocycles. The Labute approximate surface area is 126 Å². The Morgan fingerprint density at radius 3 is 2.81 bits per heavy atom. The first-order chi connectivity index (χ1) is 10.2. The van der Waals surface area contributed by atoms with E-state index < -0.39 is 0 Å². The fourth-order valence-electron chi connectivity index (χ4n) is 1.78. The van der Waals surface area contributed by atoms with Gasteiger partial charge in [-0.15, -0.1) is 0 Å². The van der Waals surface area contributed by atoms with Gasteiger partial charge >= 0.3 is 0 Å². The lowest BCUT2D eigenvalue weighted by Crippen LogP contribution is -2.10. The minimum absolute atomic E-state index is 0.107. The van der Waals surface area contributed by atoms with E-state index >= 15 is 0 Å². The highest BCUT2D eigenvalue weighted by molar-refractivity contribution is 6.28. The van der Waals surface area contributed by atoms with Gasteiger partial charge in [0.2, 0.25) is 11.2 Å². The summed E-state index contributed by atoms with van der Waals surface area (Å²) in [7, 11) is 0. The molecule has 0 aliphatic rings. The Bertz CT molecular complexity index is 742. The van der Waals surface area contributed by atoms with Gasteiger partial charge in [0, 0.05) is 18.1 Å². The summed E-state index contributed by atoms with van der Waals surface area (Å²) < 4.78 is 1.52. The van der Waals surface area contributed by atoms with Crippen molar-refractivity contribution in [2.75, 3.05) is 5.32 Å². The summed E-state index contributed by atoms with van der Waals surface area (Å²) in [6.45, 7) is 2.44. The van der Waals surface area contributed by atoms with Crippen molar-refractivity contribution in [1.29, 1.82) is 0 Å². The second-order valence-corrected chi connectivity index (χ2v) is 4.64. The largest absolute Gasteiger partial charge is 0.348 e. The second kappa shape index (κ2) is 5.84. The van der Waals surface area contributed by atoms with Gasteiger partial charge in [0.1, 0.15) is 0 Å². The predicted molar refractivity (Wildman–Crippen MR) is 78.3 cm³/mol. The summed E-state index contributed by atoms with van der Waals surface area (Å²) in [5.41, 5.74) is 1.85. The van der Waals surface area contributed by atoms with E-state index in [2.05, 4.69) is 30.4 Å². The average Bonchev–Trinajstić information content (AvgIpc) is 2.99. The summed E-state index contributed by atoms with van der Waals surface area (Å²) in [4.78, 5) is 16.7. The molecule has 21 heavy (non-hydrogen) atoms. The fourth-order valence-corrected chi connectivity index (χ4v) is 1.93. The molecule has 3 heterocycles. The van der Waals surface area contributed by atoms with Crippen LogP contribution in [-0.4, -0.2) is 29.7 Å². The van der Waals surface area contributed by atoms with Crippen LogP contribution in [0.3, 0.4) is 0 Å². The van der Waals surface area contributed by atoms with Gasteiger partial charge in [-0.2, -0.15) is 20.1 Å². The number of halogens is 1. The Balaban J connectivity index is 1.79. The molecule has 0 fully saturated rings. The standard InChI is InChI=1S/C13H12ClN7/c1-9-4-2-5-10(17-9)8-15-12-18-11(14)19-13(20-12)21-7-3-6-16-21/h2-7H,8H2,1H3,(H,15,18,19,20). The highest BCUT2D eigenvalue weighted by Crippen LogP contribution is 2.10. The van der Waals surface area contributed by atoms with Crippen molar-refractivity contribution in [3.05, 3.63) is 53.3 Å². The molecule has 3 aromatic rings. The minimum atomic E-state index is 0.107. The first-order valence-electron chi connectivity index (χ1n) is 6.29. The van der Waals surface area contributed by atoms with Gasteiger partial charge in [0.25, 0.3) is 5.95 Å². The maximum atomic E-state index is 5.91. The maximum Gasteiger partial charge on any atom is 0.256 e. The molecular weight excluding hydrogens is 290 g/mol. The number of pyridine rings is 1. The Morgan fingerprint density at radius 1 is 1.14 bits per heavy atom. The third-order valence-electron chi connectivity index (χ3n) is 2.68. The Kier molecular flexibility index (Phi) is 3.74. The van der Waals surface area contributed by atoms with Gasteiger partial charge in [-0.25, -0.2) is 4.68 Å². The lowest BCUT2D eigenvalue weighted by atomic mass is 10.3. The summed E-state index contributed by atoms with van der Waals surface area (Å²) in [5.74, 6) is 0.739. The van der Waals surface area contributed by atoms with Crippen LogP contribution in [0, 0.1) is 6.92 Å². The van der Waals surface area contributed by atoms with E-state index in [1.807, 2.05) is 25.1 Å². The molecule has 1 N–H and O–H groups in total. The summed E-state index contributed by atoms with van der Waals surface area (Å²) in [5, 5.41) is 7.25. The van der Waals surface area contributed by atoms with Gasteiger partial charge < -0.3 is 5.32 Å². The van der Waals surface area contributed by atoms with Crippen molar-refractivity contribution < 1.29 is 0 Å². The van der Waals surface area contributed by atoms with Crippen LogP contribution in [0.4, 0.5) is 5.95 Å². The molecule has 3 aromatic heterocycles. The van der Waals surface area contributed by atoms with Crippen LogP contribution in [0.15, 0.2) is 36.7 Å². The van der Waals surface area contributed by atoms with E-state index in [1.54, 1.807) is 18.5 Å². The zero-order valence-electron chi connectivity index (χ0n) is 11.2.